The Morgan fingerprint density at radius 2 is 2.10 bits per heavy atom. The highest BCUT2D eigenvalue weighted by atomic mass is 19.4. The van der Waals surface area contributed by atoms with E-state index in [-0.39, 0.29) is 26.1 Å². The molecule has 0 radical (unpaired) electrons. The van der Waals surface area contributed by atoms with Crippen molar-refractivity contribution in [3.63, 3.8) is 0 Å². The SMILES string of the molecule is CCN(CCC(=O)O)C(=O)Cn1ccc(C(F)(F)F)n1. The predicted octanol–water partition coefficient (Wildman–Crippen LogP) is 1.23. The summed E-state index contributed by atoms with van der Waals surface area (Å²) in [5.41, 5.74) is -1.07. The zero-order valence-electron chi connectivity index (χ0n) is 10.7. The first kappa shape index (κ1) is 16.0. The van der Waals surface area contributed by atoms with Gasteiger partial charge in [-0.05, 0) is 13.0 Å². The molecule has 6 nitrogen and oxygen atoms in total. The lowest BCUT2D eigenvalue weighted by molar-refractivity contribution is -0.142. The van der Waals surface area contributed by atoms with Crippen molar-refractivity contribution in [2.75, 3.05) is 13.1 Å². The highest BCUT2D eigenvalue weighted by Gasteiger charge is 2.33. The normalized spacial score (nSPS) is 11.4. The second-order valence-corrected chi connectivity index (χ2v) is 4.01. The van der Waals surface area contributed by atoms with Gasteiger partial charge in [0, 0.05) is 19.3 Å². The average Bonchev–Trinajstić information content (AvgIpc) is 2.77. The number of amides is 1. The maximum absolute atomic E-state index is 12.3. The highest BCUT2D eigenvalue weighted by molar-refractivity contribution is 5.76. The van der Waals surface area contributed by atoms with Gasteiger partial charge in [0.05, 0.1) is 6.42 Å². The molecule has 1 aromatic heterocycles. The topological polar surface area (TPSA) is 75.4 Å². The molecular weight excluding hydrogens is 279 g/mol. The van der Waals surface area contributed by atoms with Crippen LogP contribution < -0.4 is 0 Å². The van der Waals surface area contributed by atoms with E-state index in [1.54, 1.807) is 6.92 Å². The third-order valence-corrected chi connectivity index (χ3v) is 2.56. The number of likely N-dealkylation sites (N-methyl/N-ethyl adjacent to an activating group) is 1. The zero-order valence-corrected chi connectivity index (χ0v) is 10.7. The summed E-state index contributed by atoms with van der Waals surface area (Å²) < 4.78 is 37.9. The molecule has 1 N–H and O–H groups in total. The molecule has 1 amide bonds. The van der Waals surface area contributed by atoms with Gasteiger partial charge in [-0.1, -0.05) is 0 Å². The monoisotopic (exact) mass is 293 g/mol. The van der Waals surface area contributed by atoms with E-state index in [1.165, 1.54) is 4.90 Å². The Labute approximate surface area is 112 Å². The lowest BCUT2D eigenvalue weighted by atomic mass is 10.3. The van der Waals surface area contributed by atoms with Gasteiger partial charge in [0.15, 0.2) is 5.69 Å². The van der Waals surface area contributed by atoms with Crippen molar-refractivity contribution in [1.29, 1.82) is 0 Å². The van der Waals surface area contributed by atoms with Crippen LogP contribution in [0.2, 0.25) is 0 Å². The fourth-order valence-electron chi connectivity index (χ4n) is 1.53. The van der Waals surface area contributed by atoms with Crippen molar-refractivity contribution >= 4 is 11.9 Å². The van der Waals surface area contributed by atoms with Gasteiger partial charge in [-0.2, -0.15) is 18.3 Å². The van der Waals surface area contributed by atoms with Crippen LogP contribution in [0.4, 0.5) is 13.2 Å². The van der Waals surface area contributed by atoms with Gasteiger partial charge in [0.2, 0.25) is 5.91 Å². The van der Waals surface area contributed by atoms with Gasteiger partial charge in [-0.3, -0.25) is 14.3 Å². The molecule has 112 valence electrons. The van der Waals surface area contributed by atoms with Crippen LogP contribution in [-0.4, -0.2) is 44.8 Å². The van der Waals surface area contributed by atoms with E-state index in [0.29, 0.717) is 0 Å². The summed E-state index contributed by atoms with van der Waals surface area (Å²) in [6.07, 6.45) is -3.71. The van der Waals surface area contributed by atoms with Crippen LogP contribution in [0.25, 0.3) is 0 Å². The molecule has 0 saturated carbocycles. The molecule has 0 spiro atoms. The number of carboxylic acid groups (broad SMARTS) is 1. The third kappa shape index (κ3) is 4.56. The second-order valence-electron chi connectivity index (χ2n) is 4.01. The summed E-state index contributed by atoms with van der Waals surface area (Å²) in [5.74, 6) is -1.53. The van der Waals surface area contributed by atoms with E-state index in [9.17, 15) is 22.8 Å². The van der Waals surface area contributed by atoms with Gasteiger partial charge in [-0.15, -0.1) is 0 Å². The maximum atomic E-state index is 12.3. The zero-order chi connectivity index (χ0) is 15.3. The number of carboxylic acids is 1. The number of hydrogen-bond acceptors (Lipinski definition) is 3. The van der Waals surface area contributed by atoms with Gasteiger partial charge in [0.1, 0.15) is 6.54 Å². The van der Waals surface area contributed by atoms with Gasteiger partial charge in [0.25, 0.3) is 0 Å². The summed E-state index contributed by atoms with van der Waals surface area (Å²) in [5, 5.41) is 11.8. The minimum absolute atomic E-state index is 0.0120. The van der Waals surface area contributed by atoms with Crippen LogP contribution in [0, 0.1) is 0 Å². The Hall–Kier alpha value is -2.06. The van der Waals surface area contributed by atoms with E-state index in [2.05, 4.69) is 5.10 Å². The van der Waals surface area contributed by atoms with Crippen molar-refractivity contribution in [3.05, 3.63) is 18.0 Å². The first-order valence-electron chi connectivity index (χ1n) is 5.84. The minimum Gasteiger partial charge on any atom is -0.481 e. The highest BCUT2D eigenvalue weighted by Crippen LogP contribution is 2.27. The van der Waals surface area contributed by atoms with Crippen LogP contribution >= 0.6 is 0 Å². The molecule has 20 heavy (non-hydrogen) atoms. The van der Waals surface area contributed by atoms with Crippen LogP contribution in [0.1, 0.15) is 19.0 Å². The third-order valence-electron chi connectivity index (χ3n) is 2.56. The minimum atomic E-state index is -4.55. The Balaban J connectivity index is 2.64. The average molecular weight is 293 g/mol. The number of carbonyl (C=O) groups is 2. The first-order chi connectivity index (χ1) is 9.24. The molecular formula is C11H14F3N3O3. The molecule has 1 rings (SSSR count). The van der Waals surface area contributed by atoms with Crippen LogP contribution in [0.3, 0.4) is 0 Å². The Morgan fingerprint density at radius 3 is 2.55 bits per heavy atom. The number of carbonyl (C=O) groups excluding carboxylic acids is 1. The first-order valence-corrected chi connectivity index (χ1v) is 5.84. The summed E-state index contributed by atoms with van der Waals surface area (Å²) in [7, 11) is 0. The summed E-state index contributed by atoms with van der Waals surface area (Å²) in [4.78, 5) is 23.5. The molecule has 0 saturated heterocycles. The molecule has 0 aliphatic heterocycles. The van der Waals surface area contributed by atoms with Crippen molar-refractivity contribution < 1.29 is 27.9 Å². The van der Waals surface area contributed by atoms with Crippen molar-refractivity contribution in [3.8, 4) is 0 Å². The number of rotatable bonds is 6. The number of aliphatic carboxylic acids is 1. The summed E-state index contributed by atoms with van der Waals surface area (Å²) >= 11 is 0. The van der Waals surface area contributed by atoms with Crippen LogP contribution in [0.5, 0.6) is 0 Å². The standard InChI is InChI=1S/C11H14F3N3O3/c1-2-16(5-4-10(19)20)9(18)7-17-6-3-8(15-17)11(12,13)14/h3,6H,2,4-5,7H2,1H3,(H,19,20). The Morgan fingerprint density at radius 1 is 1.45 bits per heavy atom. The van der Waals surface area contributed by atoms with E-state index >= 15 is 0 Å². The van der Waals surface area contributed by atoms with Crippen molar-refractivity contribution in [1.82, 2.24) is 14.7 Å². The number of alkyl halides is 3. The molecule has 0 aromatic carbocycles. The Bertz CT molecular complexity index is 485. The van der Waals surface area contributed by atoms with Crippen molar-refractivity contribution in [2.24, 2.45) is 0 Å². The quantitative estimate of drug-likeness (QED) is 0.856. The van der Waals surface area contributed by atoms with Gasteiger partial charge < -0.3 is 10.0 Å². The molecule has 0 unspecified atom stereocenters. The number of halogens is 3. The molecule has 0 aliphatic carbocycles. The fraction of sp³-hybridized carbons (Fsp3) is 0.545. The molecule has 9 heteroatoms. The van der Waals surface area contributed by atoms with Crippen LogP contribution in [-0.2, 0) is 22.3 Å². The molecule has 0 fully saturated rings. The Kier molecular flexibility index (Phi) is 5.12. The smallest absolute Gasteiger partial charge is 0.435 e. The van der Waals surface area contributed by atoms with E-state index in [4.69, 9.17) is 5.11 Å². The molecule has 1 heterocycles. The largest absolute Gasteiger partial charge is 0.481 e. The summed E-state index contributed by atoms with van der Waals surface area (Å²) in [6.45, 7) is 1.59. The lowest BCUT2D eigenvalue weighted by Crippen LogP contribution is -2.35. The predicted molar refractivity (Wildman–Crippen MR) is 61.7 cm³/mol. The van der Waals surface area contributed by atoms with Gasteiger partial charge >= 0.3 is 12.1 Å². The van der Waals surface area contributed by atoms with Gasteiger partial charge in [-0.25, -0.2) is 0 Å². The van der Waals surface area contributed by atoms with E-state index in [0.717, 1.165) is 16.9 Å². The van der Waals surface area contributed by atoms with Crippen LogP contribution in [0.15, 0.2) is 12.3 Å². The summed E-state index contributed by atoms with van der Waals surface area (Å²) in [6, 6.07) is 0.779. The number of aromatic nitrogens is 2. The number of hydrogen-bond donors (Lipinski definition) is 1. The molecule has 1 aromatic rings. The fourth-order valence-corrected chi connectivity index (χ4v) is 1.53. The molecule has 0 bridgehead atoms. The number of nitrogens with zero attached hydrogens (tertiary/aromatic N) is 3. The van der Waals surface area contributed by atoms with E-state index in [1.807, 2.05) is 0 Å². The second kappa shape index (κ2) is 6.40. The lowest BCUT2D eigenvalue weighted by Gasteiger charge is -2.19. The maximum Gasteiger partial charge on any atom is 0.435 e. The van der Waals surface area contributed by atoms with Crippen molar-refractivity contribution in [2.45, 2.75) is 26.1 Å². The van der Waals surface area contributed by atoms with E-state index < -0.39 is 23.7 Å². The molecule has 0 atom stereocenters. The molecule has 0 aliphatic rings.